The van der Waals surface area contributed by atoms with E-state index in [1.165, 1.54) is 0 Å². The number of allylic oxidation sites excluding steroid dienone is 2. The number of aromatic nitrogens is 2. The molecule has 12 rings (SSSR count). The molecule has 8 heterocycles. The van der Waals surface area contributed by atoms with Crippen molar-refractivity contribution in [2.45, 2.75) is 48.7 Å². The predicted octanol–water partition coefficient (Wildman–Crippen LogP) is 8.29. The van der Waals surface area contributed by atoms with Crippen LogP contribution in [-0.2, 0) is 9.47 Å². The van der Waals surface area contributed by atoms with Crippen LogP contribution in [0.2, 0.25) is 0 Å². The number of nitrogens with zero attached hydrogens (tertiary/aromatic N) is 6. The van der Waals surface area contributed by atoms with E-state index in [9.17, 15) is 15.0 Å². The molecule has 6 aromatic rings. The Hall–Kier alpha value is -7.64. The number of pyridine rings is 2. The number of amides is 2. The van der Waals surface area contributed by atoms with E-state index in [-0.39, 0.29) is 32.1 Å². The van der Waals surface area contributed by atoms with E-state index in [1.807, 2.05) is 97.1 Å². The Morgan fingerprint density at radius 1 is 0.641 bits per heavy atom. The minimum absolute atomic E-state index is 0.116. The molecule has 2 amide bonds. The average Bonchev–Trinajstić information content (AvgIpc) is 4.18. The average molecular weight is 1060 g/mol. The largest absolute Gasteiger partial charge is 0.497 e. The molecule has 4 aromatic carbocycles. The number of anilines is 2. The molecular formula is C60H64N6O12. The van der Waals surface area contributed by atoms with Crippen LogP contribution in [0.3, 0.4) is 0 Å². The molecular weight excluding hydrogens is 997 g/mol. The van der Waals surface area contributed by atoms with Gasteiger partial charge in [0.2, 0.25) is 0 Å². The van der Waals surface area contributed by atoms with Crippen molar-refractivity contribution in [1.82, 2.24) is 19.8 Å². The van der Waals surface area contributed by atoms with Crippen molar-refractivity contribution < 1.29 is 57.7 Å². The van der Waals surface area contributed by atoms with Crippen molar-refractivity contribution in [3.05, 3.63) is 134 Å². The molecule has 0 radical (unpaired) electrons. The lowest BCUT2D eigenvalue weighted by atomic mass is 9.61. The molecule has 2 aromatic heterocycles. The maximum absolute atomic E-state index is 15.5. The van der Waals surface area contributed by atoms with Crippen LogP contribution in [0.1, 0.15) is 42.6 Å². The number of hydrogen-bond acceptors (Lipinski definition) is 16. The number of piperidine rings is 2. The highest BCUT2D eigenvalue weighted by atomic mass is 16.6. The van der Waals surface area contributed by atoms with Gasteiger partial charge in [0.05, 0.1) is 61.4 Å². The Morgan fingerprint density at radius 3 is 1.76 bits per heavy atom. The van der Waals surface area contributed by atoms with Gasteiger partial charge in [0.25, 0.3) is 0 Å². The minimum Gasteiger partial charge on any atom is -0.497 e. The first-order valence-electron chi connectivity index (χ1n) is 26.7. The topological polar surface area (TPSA) is 187 Å². The summed E-state index contributed by atoms with van der Waals surface area (Å²) in [6, 6.07) is 25.1. The van der Waals surface area contributed by atoms with Crippen molar-refractivity contribution in [1.29, 1.82) is 0 Å². The van der Waals surface area contributed by atoms with E-state index in [2.05, 4.69) is 32.9 Å². The third kappa shape index (κ3) is 9.03. The number of ether oxygens (including phenoxy) is 8. The van der Waals surface area contributed by atoms with E-state index in [4.69, 9.17) is 37.9 Å². The zero-order chi connectivity index (χ0) is 53.7. The van der Waals surface area contributed by atoms with Gasteiger partial charge in [0, 0.05) is 98.7 Å². The zero-order valence-corrected chi connectivity index (χ0v) is 43.8. The summed E-state index contributed by atoms with van der Waals surface area (Å²) in [4.78, 5) is 47.4. The number of β-amino-alcohol motifs (C(OH)–C–C–N with tert-alkyl or cyclic N) is 2. The second-order valence-corrected chi connectivity index (χ2v) is 21.1. The number of aliphatic hydroxyl groups is 2. The molecule has 406 valence electrons. The number of carbonyl (C=O) groups excluding carboxylic acids is 2. The number of methoxy groups -OCH3 is 2. The van der Waals surface area contributed by atoms with Crippen molar-refractivity contribution in [2.24, 2.45) is 17.8 Å². The summed E-state index contributed by atoms with van der Waals surface area (Å²) in [5, 5.41) is 26.2. The van der Waals surface area contributed by atoms with E-state index in [0.29, 0.717) is 122 Å². The number of fused-ring (bicyclic) bond motifs is 4. The Balaban J connectivity index is 0.978. The minimum atomic E-state index is -1.27. The first-order valence-corrected chi connectivity index (χ1v) is 26.7. The summed E-state index contributed by atoms with van der Waals surface area (Å²) >= 11 is 0. The smallest absolute Gasteiger partial charge is 0.415 e. The van der Waals surface area contributed by atoms with Crippen molar-refractivity contribution in [2.75, 3.05) is 96.3 Å². The van der Waals surface area contributed by atoms with Crippen LogP contribution < -0.4 is 38.2 Å². The van der Waals surface area contributed by atoms with E-state index in [1.54, 1.807) is 36.4 Å². The number of hydrogen-bond donors (Lipinski definition) is 2. The molecule has 6 aliphatic rings. The van der Waals surface area contributed by atoms with Gasteiger partial charge in [-0.3, -0.25) is 29.6 Å². The summed E-state index contributed by atoms with van der Waals surface area (Å²) in [5.74, 6) is 2.00. The SMILES string of the molecule is C=CCC1CN(C[C@@H](O)c2ccnc3ccc(OC)cc23)CC(C2N(c3ccc4c(c3)OCCO4)C(=O)O[C@@]23CCN(C[C@H](O)c2ccnc4ccc(OC)cc24)C[C@H]3CC=C)C12CN(c1ccc3c(c1)OCCO3)C(=O)O2. The van der Waals surface area contributed by atoms with Crippen molar-refractivity contribution in [3.8, 4) is 34.5 Å². The van der Waals surface area contributed by atoms with Crippen LogP contribution in [0.15, 0.2) is 123 Å². The highest BCUT2D eigenvalue weighted by Gasteiger charge is 2.70. The Bertz CT molecular complexity index is 3290. The first kappa shape index (κ1) is 51.1. The lowest BCUT2D eigenvalue weighted by Gasteiger charge is -2.56. The highest BCUT2D eigenvalue weighted by molar-refractivity contribution is 5.94. The van der Waals surface area contributed by atoms with Crippen LogP contribution in [0, 0.1) is 17.8 Å². The summed E-state index contributed by atoms with van der Waals surface area (Å²) in [6.07, 6.45) is 5.34. The van der Waals surface area contributed by atoms with Gasteiger partial charge in [-0.15, -0.1) is 13.2 Å². The van der Waals surface area contributed by atoms with Gasteiger partial charge in [-0.25, -0.2) is 9.59 Å². The summed E-state index contributed by atoms with van der Waals surface area (Å²) in [6.45, 7) is 12.1. The Morgan fingerprint density at radius 2 is 1.17 bits per heavy atom. The maximum atomic E-state index is 15.5. The summed E-state index contributed by atoms with van der Waals surface area (Å²) in [7, 11) is 3.22. The fraction of sp³-hybridized carbons (Fsp3) is 0.400. The Labute approximate surface area is 452 Å². The van der Waals surface area contributed by atoms with Gasteiger partial charge in [-0.1, -0.05) is 12.2 Å². The standard InChI is InChI=1S/C60H64N6O12/c1-5-7-37-31-63(34-50(67)43-17-20-61-48-13-11-41(71-3)29-45(43)48)22-19-59(37)56(66(58(70)78-59)40-10-16-53-55(28-40)76-26-24-74-53)47-33-64(35-51(68)44-18-21-62-49-14-12-42(72-4)30-46(44)49)32-38(8-6-2)60(47)36-65(57(69)77-60)39-9-15-52-54(27-39)75-25-23-73-52/h5-6,9-18,20-21,27-30,37-38,47,50-51,56,67-68H,1-2,7-8,19,22-26,31-36H2,3-4H3/t37-,38?,47?,50+,51-,56?,59-,60?/m1/s1. The molecule has 0 aliphatic carbocycles. The molecule has 0 bridgehead atoms. The molecule has 18 heteroatoms. The lowest BCUT2D eigenvalue weighted by molar-refractivity contribution is -0.141. The molecule has 4 fully saturated rings. The van der Waals surface area contributed by atoms with Gasteiger partial charge in [-0.2, -0.15) is 0 Å². The number of rotatable bonds is 15. The number of carbonyl (C=O) groups is 2. The van der Waals surface area contributed by atoms with Crippen LogP contribution in [0.5, 0.6) is 34.5 Å². The maximum Gasteiger partial charge on any atom is 0.415 e. The molecule has 78 heavy (non-hydrogen) atoms. The molecule has 4 saturated heterocycles. The quantitative estimate of drug-likeness (QED) is 0.0935. The third-order valence-electron chi connectivity index (χ3n) is 16.9. The van der Waals surface area contributed by atoms with Crippen molar-refractivity contribution >= 4 is 45.4 Å². The number of aliphatic hydroxyl groups excluding tert-OH is 2. The molecule has 0 saturated carbocycles. The van der Waals surface area contributed by atoms with Gasteiger partial charge in [0.15, 0.2) is 23.0 Å². The highest BCUT2D eigenvalue weighted by Crippen LogP contribution is 2.56. The molecule has 6 aliphatic heterocycles. The van der Waals surface area contributed by atoms with Gasteiger partial charge >= 0.3 is 12.2 Å². The van der Waals surface area contributed by atoms with Gasteiger partial charge in [-0.05, 0) is 96.8 Å². The zero-order valence-electron chi connectivity index (χ0n) is 43.8. The predicted molar refractivity (Wildman–Crippen MR) is 291 cm³/mol. The van der Waals surface area contributed by atoms with Gasteiger partial charge < -0.3 is 48.1 Å². The lowest BCUT2D eigenvalue weighted by Crippen LogP contribution is -2.70. The molecule has 4 unspecified atom stereocenters. The van der Waals surface area contributed by atoms with E-state index < -0.39 is 53.5 Å². The summed E-state index contributed by atoms with van der Waals surface area (Å²) in [5.41, 5.74) is 1.46. The van der Waals surface area contributed by atoms with Crippen LogP contribution in [0.4, 0.5) is 21.0 Å². The fourth-order valence-corrected chi connectivity index (χ4v) is 13.3. The number of benzene rings is 4. The molecule has 18 nitrogen and oxygen atoms in total. The fourth-order valence-electron chi connectivity index (χ4n) is 13.3. The number of likely N-dealkylation sites (tertiary alicyclic amines) is 2. The van der Waals surface area contributed by atoms with E-state index in [0.717, 1.165) is 21.9 Å². The van der Waals surface area contributed by atoms with Crippen LogP contribution in [0.25, 0.3) is 21.8 Å². The van der Waals surface area contributed by atoms with E-state index >= 15 is 4.79 Å². The molecule has 2 N–H and O–H groups in total. The Kier molecular flexibility index (Phi) is 13.7. The summed E-state index contributed by atoms with van der Waals surface area (Å²) < 4.78 is 49.4. The molecule has 8 atom stereocenters. The second kappa shape index (κ2) is 21.0. The third-order valence-corrected chi connectivity index (χ3v) is 16.9. The first-order chi connectivity index (χ1) is 38.0. The van der Waals surface area contributed by atoms with Crippen LogP contribution in [-0.4, -0.2) is 146 Å². The monoisotopic (exact) mass is 1060 g/mol. The van der Waals surface area contributed by atoms with Crippen LogP contribution >= 0.6 is 0 Å². The van der Waals surface area contributed by atoms with Crippen molar-refractivity contribution in [3.63, 3.8) is 0 Å². The second-order valence-electron chi connectivity index (χ2n) is 21.1. The van der Waals surface area contributed by atoms with Gasteiger partial charge in [0.1, 0.15) is 49.1 Å². The normalized spacial score (nSPS) is 25.7. The molecule has 2 spiro atoms.